The van der Waals surface area contributed by atoms with Crippen LogP contribution in [-0.4, -0.2) is 80.3 Å². The molecule has 7 rings (SSSR count). The molecule has 2 aliphatic heterocycles. The van der Waals surface area contributed by atoms with Gasteiger partial charge in [0.1, 0.15) is 5.82 Å². The van der Waals surface area contributed by atoms with Crippen LogP contribution in [-0.2, 0) is 13.1 Å². The summed E-state index contributed by atoms with van der Waals surface area (Å²) >= 11 is 0. The third kappa shape index (κ3) is 6.60. The van der Waals surface area contributed by atoms with E-state index in [4.69, 9.17) is 0 Å². The Hall–Kier alpha value is -4.51. The number of aryl methyl sites for hydroxylation is 2. The number of benzene rings is 1. The van der Waals surface area contributed by atoms with E-state index in [0.29, 0.717) is 49.4 Å². The van der Waals surface area contributed by atoms with Crippen LogP contribution in [0.3, 0.4) is 0 Å². The fourth-order valence-electron chi connectivity index (χ4n) is 7.49. The van der Waals surface area contributed by atoms with Crippen molar-refractivity contribution in [2.45, 2.75) is 77.7 Å². The van der Waals surface area contributed by atoms with E-state index in [9.17, 15) is 14.7 Å². The van der Waals surface area contributed by atoms with Gasteiger partial charge in [0.2, 0.25) is 0 Å². The summed E-state index contributed by atoms with van der Waals surface area (Å²) in [4.78, 5) is 42.9. The molecule has 2 saturated heterocycles. The third-order valence-corrected chi connectivity index (χ3v) is 10.2. The SMILES string of the molecule is Cc1ccc(N2CCC[C@H](N(Cc3ccnc(C)c3)Cc3cn(C4CC4)c4cc(N5CCN(C(=O)O)[C@H](C)C5)c(F)cc4c3=O)C2)cn1. The molecule has 1 N–H and O–H groups in total. The molecule has 0 spiro atoms. The van der Waals surface area contributed by atoms with E-state index in [2.05, 4.69) is 36.5 Å². The Labute approximate surface area is 280 Å². The fraction of sp³-hybridized carbons (Fsp3) is 0.459. The van der Waals surface area contributed by atoms with Crippen LogP contribution in [0.15, 0.2) is 59.8 Å². The summed E-state index contributed by atoms with van der Waals surface area (Å²) in [5, 5.41) is 9.92. The zero-order valence-corrected chi connectivity index (χ0v) is 28.0. The van der Waals surface area contributed by atoms with Crippen molar-refractivity contribution >= 4 is 28.4 Å². The van der Waals surface area contributed by atoms with Gasteiger partial charge < -0.3 is 24.4 Å². The Balaban J connectivity index is 1.23. The predicted molar refractivity (Wildman–Crippen MR) is 185 cm³/mol. The van der Waals surface area contributed by atoms with Crippen molar-refractivity contribution in [2.24, 2.45) is 0 Å². The molecule has 1 saturated carbocycles. The first kappa shape index (κ1) is 32.1. The number of aromatic nitrogens is 3. The molecule has 11 heteroatoms. The van der Waals surface area contributed by atoms with E-state index in [-0.39, 0.29) is 23.6 Å². The summed E-state index contributed by atoms with van der Waals surface area (Å²) in [5.41, 5.74) is 5.89. The van der Waals surface area contributed by atoms with Gasteiger partial charge in [-0.2, -0.15) is 0 Å². The maximum Gasteiger partial charge on any atom is 0.407 e. The van der Waals surface area contributed by atoms with Gasteiger partial charge in [-0.15, -0.1) is 0 Å². The van der Waals surface area contributed by atoms with Gasteiger partial charge in [-0.25, -0.2) is 9.18 Å². The molecule has 1 aromatic carbocycles. The van der Waals surface area contributed by atoms with Crippen molar-refractivity contribution in [3.8, 4) is 0 Å². The Bertz CT molecular complexity index is 1880. The minimum absolute atomic E-state index is 0.136. The van der Waals surface area contributed by atoms with Gasteiger partial charge >= 0.3 is 6.09 Å². The Morgan fingerprint density at radius 3 is 2.52 bits per heavy atom. The number of hydrogen-bond acceptors (Lipinski definition) is 7. The van der Waals surface area contributed by atoms with E-state index < -0.39 is 11.9 Å². The number of piperazine rings is 1. The molecule has 3 aromatic heterocycles. The molecule has 0 bridgehead atoms. The Morgan fingerprint density at radius 2 is 1.81 bits per heavy atom. The predicted octanol–water partition coefficient (Wildman–Crippen LogP) is 5.74. The maximum absolute atomic E-state index is 15.9. The highest BCUT2D eigenvalue weighted by molar-refractivity contribution is 5.84. The molecule has 0 radical (unpaired) electrons. The number of pyridine rings is 3. The number of piperidine rings is 1. The second-order valence-electron chi connectivity index (χ2n) is 13.8. The van der Waals surface area contributed by atoms with Crippen LogP contribution in [0.5, 0.6) is 0 Å². The van der Waals surface area contributed by atoms with Gasteiger partial charge in [-0.1, -0.05) is 0 Å². The minimum Gasteiger partial charge on any atom is -0.465 e. The first-order chi connectivity index (χ1) is 23.1. The molecule has 1 amide bonds. The van der Waals surface area contributed by atoms with Gasteiger partial charge in [-0.3, -0.25) is 19.7 Å². The standard InChI is InChI=1S/C37H44FN7O3/c1-24-6-7-30(18-40-24)41-12-4-5-31(23-41)43(20-27-10-11-39-25(2)15-27)21-28-22-45(29-8-9-29)34-17-35(33(38)16-32(34)36(28)46)42-13-14-44(37(47)48)26(3)19-42/h6-7,10-11,15-18,22,26,29,31H,4-5,8-9,12-14,19-21,23H2,1-3H3,(H,47,48)/t26-,31+/m1/s1. The van der Waals surface area contributed by atoms with Crippen molar-refractivity contribution in [3.63, 3.8) is 0 Å². The monoisotopic (exact) mass is 653 g/mol. The summed E-state index contributed by atoms with van der Waals surface area (Å²) < 4.78 is 18.1. The number of amides is 1. The van der Waals surface area contributed by atoms with Crippen LogP contribution in [0, 0.1) is 19.7 Å². The molecule has 252 valence electrons. The summed E-state index contributed by atoms with van der Waals surface area (Å²) in [5.74, 6) is -0.450. The van der Waals surface area contributed by atoms with E-state index in [1.807, 2.05) is 62.5 Å². The lowest BCUT2D eigenvalue weighted by molar-refractivity contribution is 0.122. The normalized spacial score (nSPS) is 20.1. The van der Waals surface area contributed by atoms with E-state index in [0.717, 1.165) is 66.9 Å². The van der Waals surface area contributed by atoms with Gasteiger partial charge in [-0.05, 0) is 88.4 Å². The average Bonchev–Trinajstić information content (AvgIpc) is 3.91. The molecule has 2 atom stereocenters. The number of hydrogen-bond donors (Lipinski definition) is 1. The first-order valence-electron chi connectivity index (χ1n) is 17.1. The number of rotatable bonds is 8. The quantitative estimate of drug-likeness (QED) is 0.257. The summed E-state index contributed by atoms with van der Waals surface area (Å²) in [6.07, 6.45) is 8.91. The van der Waals surface area contributed by atoms with Crippen molar-refractivity contribution in [1.82, 2.24) is 24.3 Å². The maximum atomic E-state index is 15.9. The largest absolute Gasteiger partial charge is 0.465 e. The molecular formula is C37H44FN7O3. The lowest BCUT2D eigenvalue weighted by Gasteiger charge is -2.40. The van der Waals surface area contributed by atoms with Gasteiger partial charge in [0.05, 0.1) is 23.1 Å². The summed E-state index contributed by atoms with van der Waals surface area (Å²) in [6, 6.07) is 11.7. The van der Waals surface area contributed by atoms with Crippen LogP contribution in [0.25, 0.3) is 10.9 Å². The Morgan fingerprint density at radius 1 is 0.979 bits per heavy atom. The van der Waals surface area contributed by atoms with E-state index in [1.54, 1.807) is 0 Å². The third-order valence-electron chi connectivity index (χ3n) is 10.2. The fourth-order valence-corrected chi connectivity index (χ4v) is 7.49. The zero-order valence-electron chi connectivity index (χ0n) is 28.0. The van der Waals surface area contributed by atoms with Gasteiger partial charge in [0.15, 0.2) is 5.43 Å². The highest BCUT2D eigenvalue weighted by atomic mass is 19.1. The molecule has 1 aliphatic carbocycles. The van der Waals surface area contributed by atoms with Crippen LogP contribution in [0.2, 0.25) is 0 Å². The van der Waals surface area contributed by atoms with Crippen LogP contribution in [0.1, 0.15) is 61.2 Å². The smallest absolute Gasteiger partial charge is 0.407 e. The lowest BCUT2D eigenvalue weighted by atomic mass is 10.0. The van der Waals surface area contributed by atoms with Crippen molar-refractivity contribution in [1.29, 1.82) is 0 Å². The van der Waals surface area contributed by atoms with Crippen molar-refractivity contribution < 1.29 is 14.3 Å². The molecule has 5 heterocycles. The molecule has 3 aliphatic rings. The second kappa shape index (κ2) is 13.2. The number of nitrogens with zero attached hydrogens (tertiary/aromatic N) is 7. The summed E-state index contributed by atoms with van der Waals surface area (Å²) in [6.45, 7) is 9.82. The highest BCUT2D eigenvalue weighted by Gasteiger charge is 2.32. The highest BCUT2D eigenvalue weighted by Crippen LogP contribution is 2.38. The van der Waals surface area contributed by atoms with Crippen LogP contribution < -0.4 is 15.2 Å². The molecule has 0 unspecified atom stereocenters. The van der Waals surface area contributed by atoms with E-state index >= 15 is 4.39 Å². The van der Waals surface area contributed by atoms with Gasteiger partial charge in [0, 0.05) is 98.7 Å². The van der Waals surface area contributed by atoms with E-state index in [1.165, 1.54) is 11.0 Å². The first-order valence-corrected chi connectivity index (χ1v) is 17.1. The molecule has 3 fully saturated rings. The topological polar surface area (TPSA) is 98.0 Å². The number of anilines is 2. The van der Waals surface area contributed by atoms with Crippen molar-refractivity contribution in [3.05, 3.63) is 93.5 Å². The lowest BCUT2D eigenvalue weighted by Crippen LogP contribution is -2.53. The van der Waals surface area contributed by atoms with Gasteiger partial charge in [0.25, 0.3) is 0 Å². The molecule has 4 aromatic rings. The Kier molecular flexibility index (Phi) is 8.80. The molecular weight excluding hydrogens is 609 g/mol. The van der Waals surface area contributed by atoms with Crippen LogP contribution in [0.4, 0.5) is 20.6 Å². The number of carbonyl (C=O) groups is 1. The minimum atomic E-state index is -0.961. The van der Waals surface area contributed by atoms with Crippen LogP contribution >= 0.6 is 0 Å². The zero-order chi connectivity index (χ0) is 33.5. The summed E-state index contributed by atoms with van der Waals surface area (Å²) in [7, 11) is 0. The number of halogens is 1. The average molecular weight is 654 g/mol. The second-order valence-corrected chi connectivity index (χ2v) is 13.8. The molecule has 10 nitrogen and oxygen atoms in total. The van der Waals surface area contributed by atoms with Crippen molar-refractivity contribution in [2.75, 3.05) is 42.5 Å². The molecule has 48 heavy (non-hydrogen) atoms. The number of fused-ring (bicyclic) bond motifs is 1. The number of carboxylic acid groups (broad SMARTS) is 1.